The summed E-state index contributed by atoms with van der Waals surface area (Å²) in [5, 5.41) is 23.7. The van der Waals surface area contributed by atoms with Gasteiger partial charge in [0.15, 0.2) is 11.5 Å². The first kappa shape index (κ1) is 31.1. The van der Waals surface area contributed by atoms with Crippen LogP contribution in [0.1, 0.15) is 23.6 Å². The number of anilines is 1. The van der Waals surface area contributed by atoms with Gasteiger partial charge in [-0.05, 0) is 78.2 Å². The molecule has 0 unspecified atom stereocenters. The first-order chi connectivity index (χ1) is 20.7. The van der Waals surface area contributed by atoms with Crippen molar-refractivity contribution >= 4 is 50.9 Å². The third-order valence-electron chi connectivity index (χ3n) is 5.94. The summed E-state index contributed by atoms with van der Waals surface area (Å²) in [7, 11) is 0. The molecule has 43 heavy (non-hydrogen) atoms. The molecule has 0 fully saturated rings. The zero-order chi connectivity index (χ0) is 30.8. The summed E-state index contributed by atoms with van der Waals surface area (Å²) in [4.78, 5) is 23.5. The fourth-order valence-electron chi connectivity index (χ4n) is 3.89. The number of nitro benzene ring substituents is 1. The van der Waals surface area contributed by atoms with Crippen LogP contribution in [-0.4, -0.2) is 17.4 Å². The number of nitro groups is 1. The average molecular weight is 663 g/mol. The molecule has 0 spiro atoms. The van der Waals surface area contributed by atoms with Crippen molar-refractivity contribution in [3.8, 4) is 23.3 Å². The van der Waals surface area contributed by atoms with Crippen LogP contribution < -0.4 is 19.5 Å². The number of carbonyl (C=O) groups is 1. The Morgan fingerprint density at radius 1 is 1.00 bits per heavy atom. The highest BCUT2D eigenvalue weighted by molar-refractivity contribution is 9.10. The second-order valence-electron chi connectivity index (χ2n) is 9.04. The molecule has 4 aromatic rings. The van der Waals surface area contributed by atoms with Gasteiger partial charge in [0, 0.05) is 22.3 Å². The molecule has 1 amide bonds. The number of nitrogens with zero attached hydrogens (tertiary/aromatic N) is 2. The first-order valence-electron chi connectivity index (χ1n) is 13.0. The van der Waals surface area contributed by atoms with Crippen LogP contribution >= 0.6 is 27.5 Å². The normalized spacial score (nSPS) is 10.9. The largest absolute Gasteiger partial charge is 0.490 e. The number of amides is 1. The molecule has 4 aromatic carbocycles. The number of carbonyl (C=O) groups excluding carboxylic acids is 1. The predicted octanol–water partition coefficient (Wildman–Crippen LogP) is 8.11. The van der Waals surface area contributed by atoms with Gasteiger partial charge < -0.3 is 19.5 Å². The van der Waals surface area contributed by atoms with E-state index >= 15 is 0 Å². The molecule has 0 aliphatic rings. The molecular weight excluding hydrogens is 638 g/mol. The molecule has 1 N–H and O–H groups in total. The zero-order valence-corrected chi connectivity index (χ0v) is 25.2. The van der Waals surface area contributed by atoms with Crippen molar-refractivity contribution < 1.29 is 23.9 Å². The summed E-state index contributed by atoms with van der Waals surface area (Å²) in [6, 6.07) is 25.7. The Morgan fingerprint density at radius 2 is 1.72 bits per heavy atom. The highest BCUT2D eigenvalue weighted by Crippen LogP contribution is 2.38. The number of rotatable bonds is 12. The lowest BCUT2D eigenvalue weighted by Gasteiger charge is -2.15. The van der Waals surface area contributed by atoms with Crippen molar-refractivity contribution in [1.82, 2.24) is 0 Å². The van der Waals surface area contributed by atoms with Crippen LogP contribution in [0.15, 0.2) is 95.0 Å². The van der Waals surface area contributed by atoms with E-state index in [2.05, 4.69) is 21.2 Å². The number of non-ortho nitro benzene ring substituents is 1. The van der Waals surface area contributed by atoms with Crippen molar-refractivity contribution in [2.45, 2.75) is 20.1 Å². The number of hydrogen-bond donors (Lipinski definition) is 1. The molecule has 0 atom stereocenters. The number of benzene rings is 4. The minimum absolute atomic E-state index is 0.0105. The minimum atomic E-state index is -0.605. The third kappa shape index (κ3) is 8.82. The summed E-state index contributed by atoms with van der Waals surface area (Å²) in [5.41, 5.74) is 2.31. The number of hydrogen-bond acceptors (Lipinski definition) is 7. The summed E-state index contributed by atoms with van der Waals surface area (Å²) < 4.78 is 18.3. The number of halogens is 2. The van der Waals surface area contributed by atoms with E-state index in [0.717, 1.165) is 10.0 Å². The highest BCUT2D eigenvalue weighted by Gasteiger charge is 2.16. The van der Waals surface area contributed by atoms with Gasteiger partial charge in [0.25, 0.3) is 11.6 Å². The molecule has 0 aromatic heterocycles. The van der Waals surface area contributed by atoms with E-state index in [-0.39, 0.29) is 28.6 Å². The Labute approximate surface area is 261 Å². The van der Waals surface area contributed by atoms with Gasteiger partial charge in [0.1, 0.15) is 30.6 Å². The lowest BCUT2D eigenvalue weighted by atomic mass is 10.1. The van der Waals surface area contributed by atoms with E-state index in [1.54, 1.807) is 49.4 Å². The van der Waals surface area contributed by atoms with Crippen LogP contribution in [0.5, 0.6) is 17.2 Å². The Bertz CT molecular complexity index is 1690. The fourth-order valence-corrected chi connectivity index (χ4v) is 4.42. The second-order valence-corrected chi connectivity index (χ2v) is 10.4. The van der Waals surface area contributed by atoms with Gasteiger partial charge in [-0.15, -0.1) is 0 Å². The monoisotopic (exact) mass is 661 g/mol. The lowest BCUT2D eigenvalue weighted by molar-refractivity contribution is -0.384. The molecule has 0 aliphatic carbocycles. The van der Waals surface area contributed by atoms with Crippen molar-refractivity contribution in [2.24, 2.45) is 0 Å². The molecule has 0 bridgehead atoms. The maximum Gasteiger partial charge on any atom is 0.269 e. The zero-order valence-electron chi connectivity index (χ0n) is 22.9. The molecule has 4 rings (SSSR count). The SMILES string of the molecule is CCOc1cc(/C=C(\C#N)C(=O)Nc2ccc(OCc3ccc(Br)cc3)cc2)cc(Cl)c1OCc1cccc([N+](=O)[O-])c1. The van der Waals surface area contributed by atoms with Gasteiger partial charge in [-0.1, -0.05) is 51.8 Å². The van der Waals surface area contributed by atoms with Crippen LogP contribution in [0, 0.1) is 21.4 Å². The lowest BCUT2D eigenvalue weighted by Crippen LogP contribution is -2.13. The predicted molar refractivity (Wildman–Crippen MR) is 167 cm³/mol. The van der Waals surface area contributed by atoms with Gasteiger partial charge in [-0.2, -0.15) is 5.26 Å². The maximum atomic E-state index is 12.9. The molecule has 0 aliphatic heterocycles. The smallest absolute Gasteiger partial charge is 0.269 e. The van der Waals surface area contributed by atoms with Crippen LogP contribution in [-0.2, 0) is 18.0 Å². The fraction of sp³-hybridized carbons (Fsp3) is 0.125. The molecule has 11 heteroatoms. The highest BCUT2D eigenvalue weighted by atomic mass is 79.9. The van der Waals surface area contributed by atoms with E-state index in [9.17, 15) is 20.2 Å². The average Bonchev–Trinajstić information content (AvgIpc) is 3.00. The molecule has 0 saturated heterocycles. The van der Waals surface area contributed by atoms with Crippen molar-refractivity contribution in [1.29, 1.82) is 5.26 Å². The summed E-state index contributed by atoms with van der Waals surface area (Å²) in [6.45, 7) is 2.49. The Hall–Kier alpha value is -4.85. The van der Waals surface area contributed by atoms with Crippen LogP contribution in [0.4, 0.5) is 11.4 Å². The maximum absolute atomic E-state index is 12.9. The number of ether oxygens (including phenoxy) is 3. The van der Waals surface area contributed by atoms with E-state index in [4.69, 9.17) is 25.8 Å². The van der Waals surface area contributed by atoms with Gasteiger partial charge >= 0.3 is 0 Å². The second kappa shape index (κ2) is 14.9. The van der Waals surface area contributed by atoms with Crippen molar-refractivity contribution in [2.75, 3.05) is 11.9 Å². The summed E-state index contributed by atoms with van der Waals surface area (Å²) in [6.07, 6.45) is 1.39. The van der Waals surface area contributed by atoms with E-state index in [0.29, 0.717) is 41.5 Å². The van der Waals surface area contributed by atoms with Crippen LogP contribution in [0.25, 0.3) is 6.08 Å². The molecule has 9 nitrogen and oxygen atoms in total. The topological polar surface area (TPSA) is 124 Å². The van der Waals surface area contributed by atoms with Crippen LogP contribution in [0.2, 0.25) is 5.02 Å². The molecule has 0 saturated carbocycles. The quantitative estimate of drug-likeness (QED) is 0.0703. The summed E-state index contributed by atoms with van der Waals surface area (Å²) >= 11 is 9.91. The Balaban J connectivity index is 1.44. The molecule has 0 heterocycles. The van der Waals surface area contributed by atoms with E-state index in [1.165, 1.54) is 24.3 Å². The van der Waals surface area contributed by atoms with Gasteiger partial charge in [0.05, 0.1) is 16.6 Å². The Kier molecular flexibility index (Phi) is 10.7. The third-order valence-corrected chi connectivity index (χ3v) is 6.75. The van der Waals surface area contributed by atoms with E-state index < -0.39 is 10.8 Å². The minimum Gasteiger partial charge on any atom is -0.490 e. The van der Waals surface area contributed by atoms with E-state index in [1.807, 2.05) is 30.3 Å². The van der Waals surface area contributed by atoms with Crippen LogP contribution in [0.3, 0.4) is 0 Å². The molecule has 218 valence electrons. The molecule has 0 radical (unpaired) electrons. The van der Waals surface area contributed by atoms with Gasteiger partial charge in [-0.25, -0.2) is 0 Å². The number of nitrogens with one attached hydrogen (secondary N) is 1. The van der Waals surface area contributed by atoms with Crippen molar-refractivity contribution in [3.63, 3.8) is 0 Å². The first-order valence-corrected chi connectivity index (χ1v) is 14.2. The number of nitriles is 1. The van der Waals surface area contributed by atoms with Gasteiger partial charge in [-0.3, -0.25) is 14.9 Å². The standard InChI is InChI=1S/C32H25BrClN3O6/c1-2-41-30-17-23(16-29(34)31(30)43-20-22-4-3-5-27(15-22)37(39)40)14-24(18-35)32(38)36-26-10-12-28(13-11-26)42-19-21-6-8-25(33)9-7-21/h3-17H,2,19-20H2,1H3,(H,36,38)/b24-14+. The van der Waals surface area contributed by atoms with Gasteiger partial charge in [0.2, 0.25) is 0 Å². The Morgan fingerprint density at radius 3 is 2.40 bits per heavy atom. The molecular formula is C32H25BrClN3O6. The van der Waals surface area contributed by atoms with Crippen molar-refractivity contribution in [3.05, 3.63) is 127 Å². The summed E-state index contributed by atoms with van der Waals surface area (Å²) in [5.74, 6) is 0.551.